The molecule has 2 aromatic rings. The van der Waals surface area contributed by atoms with Crippen molar-refractivity contribution in [2.45, 2.75) is 12.5 Å². The van der Waals surface area contributed by atoms with Gasteiger partial charge in [-0.3, -0.25) is 14.6 Å². The average Bonchev–Trinajstić information content (AvgIpc) is 3.24. The summed E-state index contributed by atoms with van der Waals surface area (Å²) in [6.45, 7) is 0.445. The molecule has 0 bridgehead atoms. The van der Waals surface area contributed by atoms with Crippen LogP contribution < -0.4 is 5.73 Å². The Kier molecular flexibility index (Phi) is 8.76. The van der Waals surface area contributed by atoms with Gasteiger partial charge < -0.3 is 5.73 Å². The van der Waals surface area contributed by atoms with Crippen LogP contribution in [0.3, 0.4) is 0 Å². The second-order valence-corrected chi connectivity index (χ2v) is 6.40. The van der Waals surface area contributed by atoms with Gasteiger partial charge in [0.2, 0.25) is 0 Å². The van der Waals surface area contributed by atoms with E-state index in [9.17, 15) is 9.59 Å². The van der Waals surface area contributed by atoms with E-state index in [1.807, 2.05) is 60.7 Å². The quantitative estimate of drug-likeness (QED) is 0.274. The summed E-state index contributed by atoms with van der Waals surface area (Å²) in [6, 6.07) is 17.8. The first-order valence-corrected chi connectivity index (χ1v) is 9.01. The monoisotopic (exact) mass is 477 g/mol. The van der Waals surface area contributed by atoms with Crippen molar-refractivity contribution < 1.29 is 30.0 Å². The second-order valence-electron chi connectivity index (χ2n) is 6.40. The van der Waals surface area contributed by atoms with Gasteiger partial charge in [-0.05, 0) is 23.3 Å². The molecule has 150 valence electrons. The van der Waals surface area contributed by atoms with E-state index < -0.39 is 11.8 Å². The van der Waals surface area contributed by atoms with Gasteiger partial charge in [-0.1, -0.05) is 66.7 Å². The molecule has 3 rings (SSSR count). The molecule has 0 spiro atoms. The molecule has 1 atom stereocenters. The number of carbonyl (C=O) groups excluding carboxylic acids is 2. The van der Waals surface area contributed by atoms with Crippen molar-refractivity contribution in [3.05, 3.63) is 83.4 Å². The van der Waals surface area contributed by atoms with E-state index in [-0.39, 0.29) is 38.2 Å². The van der Waals surface area contributed by atoms with E-state index in [1.165, 1.54) is 12.4 Å². The first-order valence-electron chi connectivity index (χ1n) is 9.01. The molecule has 0 radical (unpaired) electrons. The van der Waals surface area contributed by atoms with E-state index in [2.05, 4.69) is 9.98 Å². The molecule has 6 heteroatoms. The minimum absolute atomic E-state index is 0. The van der Waals surface area contributed by atoms with Gasteiger partial charge in [-0.2, -0.15) is 0 Å². The van der Waals surface area contributed by atoms with E-state index in [1.54, 1.807) is 12.2 Å². The summed E-state index contributed by atoms with van der Waals surface area (Å²) in [5.74, 6) is -0.779. The molecule has 2 N–H and O–H groups in total. The maximum atomic E-state index is 12.9. The van der Waals surface area contributed by atoms with E-state index in [4.69, 9.17) is 5.73 Å². The van der Waals surface area contributed by atoms with Gasteiger partial charge >= 0.3 is 0 Å². The predicted molar refractivity (Wildman–Crippen MR) is 113 cm³/mol. The first-order chi connectivity index (χ1) is 13.6. The summed E-state index contributed by atoms with van der Waals surface area (Å²) in [4.78, 5) is 33.9. The summed E-state index contributed by atoms with van der Waals surface area (Å²) < 4.78 is 0. The van der Waals surface area contributed by atoms with Gasteiger partial charge in [0, 0.05) is 32.6 Å². The molecule has 0 amide bonds. The number of nitrogens with zero attached hydrogens (tertiary/aromatic N) is 2. The van der Waals surface area contributed by atoms with Crippen molar-refractivity contribution in [1.82, 2.24) is 0 Å². The van der Waals surface area contributed by atoms with Crippen LogP contribution in [0.5, 0.6) is 0 Å². The number of nitrogens with two attached hydrogens (primary N) is 1. The molecule has 29 heavy (non-hydrogen) atoms. The number of Topliss-reactive ketones (excluding diaryl/α,β-unsaturated/α-hetero) is 1. The van der Waals surface area contributed by atoms with Gasteiger partial charge in [-0.25, -0.2) is 4.99 Å². The minimum Gasteiger partial charge on any atom is -0.321 e. The fourth-order valence-electron chi connectivity index (χ4n) is 2.78. The molecule has 0 saturated carbocycles. The van der Waals surface area contributed by atoms with E-state index in [0.29, 0.717) is 6.54 Å². The van der Waals surface area contributed by atoms with Gasteiger partial charge in [0.1, 0.15) is 6.34 Å². The summed E-state index contributed by atoms with van der Waals surface area (Å²) in [7, 11) is 0. The topological polar surface area (TPSA) is 84.9 Å². The van der Waals surface area contributed by atoms with Crippen LogP contribution in [0.15, 0.2) is 82.3 Å². The third kappa shape index (κ3) is 6.65. The molecule has 1 heterocycles. The number of carbonyl (C=O) groups is 2. The summed E-state index contributed by atoms with van der Waals surface area (Å²) in [6.07, 6.45) is 6.42. The van der Waals surface area contributed by atoms with Crippen molar-refractivity contribution in [2.24, 2.45) is 15.7 Å². The molecule has 1 aliphatic rings. The fourth-order valence-corrected chi connectivity index (χ4v) is 2.78. The van der Waals surface area contributed by atoms with Gasteiger partial charge in [0.15, 0.2) is 11.6 Å². The summed E-state index contributed by atoms with van der Waals surface area (Å²) in [5, 5.41) is 0. The molecular formula is C23H21N3O2Pd. The van der Waals surface area contributed by atoms with Crippen LogP contribution >= 0.6 is 0 Å². The smallest absolute Gasteiger partial charge is 0.189 e. The Bertz CT molecular complexity index is 964. The zero-order valence-corrected chi connectivity index (χ0v) is 17.2. The Morgan fingerprint density at radius 1 is 1.00 bits per heavy atom. The van der Waals surface area contributed by atoms with Crippen LogP contribution in [-0.4, -0.2) is 36.2 Å². The minimum atomic E-state index is -0.843. The third-order valence-electron chi connectivity index (χ3n) is 4.26. The normalized spacial score (nSPS) is 14.4. The molecule has 5 nitrogen and oxygen atoms in total. The molecule has 2 aromatic carbocycles. The van der Waals surface area contributed by atoms with Crippen molar-refractivity contribution >= 4 is 35.8 Å². The molecule has 0 unspecified atom stereocenters. The number of allylic oxidation sites excluding steroid dienone is 1. The maximum Gasteiger partial charge on any atom is 0.189 e. The number of ketones is 2. The van der Waals surface area contributed by atoms with Crippen LogP contribution in [0.1, 0.15) is 17.5 Å². The number of hydrogen-bond acceptors (Lipinski definition) is 5. The molecular weight excluding hydrogens is 457 g/mol. The van der Waals surface area contributed by atoms with Gasteiger partial charge in [0.05, 0.1) is 18.2 Å². The molecule has 0 saturated heterocycles. The van der Waals surface area contributed by atoms with Crippen molar-refractivity contribution in [3.8, 4) is 0 Å². The van der Waals surface area contributed by atoms with Gasteiger partial charge in [0.25, 0.3) is 0 Å². The fraction of sp³-hybridized carbons (Fsp3) is 0.130. The second kappa shape index (κ2) is 11.3. The van der Waals surface area contributed by atoms with Crippen molar-refractivity contribution in [3.63, 3.8) is 0 Å². The molecule has 0 aromatic heterocycles. The molecule has 1 aliphatic heterocycles. The Hall–Kier alpha value is -2.78. The van der Waals surface area contributed by atoms with Crippen LogP contribution in [0, 0.1) is 0 Å². The number of benzene rings is 2. The van der Waals surface area contributed by atoms with Crippen LogP contribution in [-0.2, 0) is 30.0 Å². The number of rotatable bonds is 8. The van der Waals surface area contributed by atoms with Crippen molar-refractivity contribution in [1.29, 1.82) is 0 Å². The largest absolute Gasteiger partial charge is 0.321 e. The van der Waals surface area contributed by atoms with Crippen LogP contribution in [0.2, 0.25) is 0 Å². The average molecular weight is 478 g/mol. The Balaban J connectivity index is 0.00000300. The predicted octanol–water partition coefficient (Wildman–Crippen LogP) is 3.12. The summed E-state index contributed by atoms with van der Waals surface area (Å²) in [5.41, 5.74) is 8.54. The Morgan fingerprint density at radius 3 is 2.21 bits per heavy atom. The number of hydrogen-bond donors (Lipinski definition) is 1. The van der Waals surface area contributed by atoms with Crippen molar-refractivity contribution in [2.75, 3.05) is 6.54 Å². The first kappa shape index (κ1) is 22.5. The van der Waals surface area contributed by atoms with E-state index in [0.717, 1.165) is 16.8 Å². The van der Waals surface area contributed by atoms with Crippen LogP contribution in [0.25, 0.3) is 12.2 Å². The Morgan fingerprint density at radius 2 is 1.62 bits per heavy atom. The van der Waals surface area contributed by atoms with Gasteiger partial charge in [-0.15, -0.1) is 0 Å². The maximum absolute atomic E-state index is 12.9. The third-order valence-corrected chi connectivity index (χ3v) is 4.26. The van der Waals surface area contributed by atoms with E-state index >= 15 is 0 Å². The van der Waals surface area contributed by atoms with Crippen LogP contribution in [0.4, 0.5) is 0 Å². The standard InChI is InChI=1S/C23H21N3O2.Pd/c24-21(14-19-15-25-16-26-19)23(28)20(13-18-9-5-2-6-10-18)22(27)12-11-17-7-3-1-4-8-17;/h1-13,16,21H,14-15,24H2;/t21-;/m0./s1. The SMILES string of the molecule is N[C@@H](CC1=NC=NC1)C(=O)C(=Cc1ccccc1)C(=O)C=Cc1ccccc1.[Pd]. The summed E-state index contributed by atoms with van der Waals surface area (Å²) >= 11 is 0. The molecule has 0 fully saturated rings. The zero-order valence-electron chi connectivity index (χ0n) is 15.7. The number of aliphatic imine (C=N–C) groups is 2. The zero-order chi connectivity index (χ0) is 19.8. The Labute approximate surface area is 183 Å². The molecule has 0 aliphatic carbocycles.